The zero-order chi connectivity index (χ0) is 19.0. The maximum Gasteiger partial charge on any atom is 0.271 e. The summed E-state index contributed by atoms with van der Waals surface area (Å²) in [7, 11) is 0. The second kappa shape index (κ2) is 8.53. The number of carbonyl (C=O) groups is 1. The van der Waals surface area contributed by atoms with E-state index >= 15 is 0 Å². The van der Waals surface area contributed by atoms with Crippen molar-refractivity contribution in [2.75, 3.05) is 13.1 Å². The van der Waals surface area contributed by atoms with Gasteiger partial charge in [0.25, 0.3) is 5.91 Å². The Morgan fingerprint density at radius 1 is 1.18 bits per heavy atom. The third kappa shape index (κ3) is 3.63. The Balaban J connectivity index is 0.00000225. The molecule has 4 rings (SSSR count). The summed E-state index contributed by atoms with van der Waals surface area (Å²) in [6, 6.07) is 13.7. The summed E-state index contributed by atoms with van der Waals surface area (Å²) in [6.07, 6.45) is 1.63. The van der Waals surface area contributed by atoms with Crippen molar-refractivity contribution in [1.82, 2.24) is 9.88 Å². The van der Waals surface area contributed by atoms with Crippen LogP contribution in [0.4, 0.5) is 0 Å². The smallest absolute Gasteiger partial charge is 0.271 e. The van der Waals surface area contributed by atoms with Gasteiger partial charge in [0, 0.05) is 40.6 Å². The van der Waals surface area contributed by atoms with Crippen LogP contribution < -0.4 is 11.5 Å². The first-order valence-corrected chi connectivity index (χ1v) is 9.61. The van der Waals surface area contributed by atoms with Crippen LogP contribution >= 0.6 is 24.0 Å². The number of aromatic nitrogens is 1. The summed E-state index contributed by atoms with van der Waals surface area (Å²) in [6.45, 7) is 1.52. The van der Waals surface area contributed by atoms with Crippen molar-refractivity contribution in [1.29, 1.82) is 0 Å². The second-order valence-corrected chi connectivity index (χ2v) is 7.47. The van der Waals surface area contributed by atoms with Gasteiger partial charge >= 0.3 is 0 Å². The Hall–Kier alpha value is -2.05. The van der Waals surface area contributed by atoms with Gasteiger partial charge in [-0.1, -0.05) is 41.9 Å². The molecule has 0 fully saturated rings. The number of aromatic amines is 1. The third-order valence-corrected chi connectivity index (χ3v) is 5.53. The lowest BCUT2D eigenvalue weighted by molar-refractivity contribution is 0.0729. The van der Waals surface area contributed by atoms with Gasteiger partial charge in [0.1, 0.15) is 5.69 Å². The normalized spacial score (nSPS) is 14.2. The highest BCUT2D eigenvalue weighted by Gasteiger charge is 2.30. The van der Waals surface area contributed by atoms with E-state index in [1.807, 2.05) is 42.5 Å². The molecule has 148 valence electrons. The molecule has 1 amide bonds. The molecule has 0 saturated carbocycles. The van der Waals surface area contributed by atoms with Crippen LogP contribution in [0.25, 0.3) is 22.0 Å². The number of para-hydroxylation sites is 1. The van der Waals surface area contributed by atoms with E-state index < -0.39 is 0 Å². The third-order valence-electron chi connectivity index (χ3n) is 5.18. The SMILES string of the molecule is Cl.NCCC[C@H](N)CN1Cc2c(Cl)cccc2-c2c([nH]c3ccccc23)C1=O. The molecule has 1 atom stereocenters. The van der Waals surface area contributed by atoms with Crippen molar-refractivity contribution < 1.29 is 4.79 Å². The average molecular weight is 419 g/mol. The molecule has 0 unspecified atom stereocenters. The summed E-state index contributed by atoms with van der Waals surface area (Å²) in [5.74, 6) is -0.0448. The van der Waals surface area contributed by atoms with Gasteiger partial charge in [-0.2, -0.15) is 0 Å². The van der Waals surface area contributed by atoms with Gasteiger partial charge in [-0.15, -0.1) is 12.4 Å². The molecule has 2 aromatic carbocycles. The fourth-order valence-corrected chi connectivity index (χ4v) is 4.09. The summed E-state index contributed by atoms with van der Waals surface area (Å²) in [4.78, 5) is 18.5. The highest BCUT2D eigenvalue weighted by atomic mass is 35.5. The van der Waals surface area contributed by atoms with Crippen LogP contribution in [0.1, 0.15) is 28.9 Å². The molecule has 1 aliphatic rings. The number of hydrogen-bond donors (Lipinski definition) is 3. The van der Waals surface area contributed by atoms with E-state index in [4.69, 9.17) is 23.1 Å². The van der Waals surface area contributed by atoms with Crippen LogP contribution in [-0.4, -0.2) is 34.9 Å². The average Bonchev–Trinajstić information content (AvgIpc) is 3.01. The molecule has 0 radical (unpaired) electrons. The van der Waals surface area contributed by atoms with E-state index in [9.17, 15) is 4.79 Å². The minimum Gasteiger partial charge on any atom is -0.350 e. The number of nitrogens with two attached hydrogens (primary N) is 2. The number of amides is 1. The van der Waals surface area contributed by atoms with Gasteiger partial charge in [-0.25, -0.2) is 0 Å². The molecule has 3 aromatic rings. The zero-order valence-electron chi connectivity index (χ0n) is 15.5. The van der Waals surface area contributed by atoms with Crippen LogP contribution in [0.15, 0.2) is 42.5 Å². The Bertz CT molecular complexity index is 1000. The molecule has 0 saturated heterocycles. The van der Waals surface area contributed by atoms with Crippen molar-refractivity contribution in [3.8, 4) is 11.1 Å². The standard InChI is InChI=1S/C21H23ClN4O.ClH/c22-17-8-3-7-14-16(17)12-26(11-13(24)5-4-10-23)21(27)20-19(14)15-6-1-2-9-18(15)25-20;/h1-3,6-9,13,25H,4-5,10-12,23-24H2;1H/t13-;/m0./s1. The number of nitrogens with one attached hydrogen (secondary N) is 1. The molecule has 28 heavy (non-hydrogen) atoms. The summed E-state index contributed by atoms with van der Waals surface area (Å²) >= 11 is 6.54. The molecule has 5 nitrogen and oxygen atoms in total. The zero-order valence-corrected chi connectivity index (χ0v) is 17.0. The van der Waals surface area contributed by atoms with E-state index in [1.165, 1.54) is 0 Å². The summed E-state index contributed by atoms with van der Waals surface area (Å²) in [5.41, 5.74) is 16.3. The highest BCUT2D eigenvalue weighted by Crippen LogP contribution is 2.40. The lowest BCUT2D eigenvalue weighted by atomic mass is 9.98. The Kier molecular flexibility index (Phi) is 6.30. The van der Waals surface area contributed by atoms with Gasteiger partial charge in [0.15, 0.2) is 0 Å². The van der Waals surface area contributed by atoms with Crippen molar-refractivity contribution in [3.05, 3.63) is 58.7 Å². The molecule has 0 aliphatic carbocycles. The molecule has 0 spiro atoms. The molecule has 7 heteroatoms. The minimum absolute atomic E-state index is 0. The maximum atomic E-state index is 13.4. The van der Waals surface area contributed by atoms with Crippen molar-refractivity contribution in [2.45, 2.75) is 25.4 Å². The number of benzene rings is 2. The first-order chi connectivity index (χ1) is 13.1. The van der Waals surface area contributed by atoms with Gasteiger partial charge in [-0.3, -0.25) is 4.79 Å². The van der Waals surface area contributed by atoms with E-state index in [0.29, 0.717) is 30.4 Å². The van der Waals surface area contributed by atoms with Crippen LogP contribution in [0.2, 0.25) is 5.02 Å². The van der Waals surface area contributed by atoms with E-state index in [0.717, 1.165) is 40.4 Å². The fourth-order valence-electron chi connectivity index (χ4n) is 3.86. The summed E-state index contributed by atoms with van der Waals surface area (Å²) in [5, 5.41) is 1.69. The van der Waals surface area contributed by atoms with Crippen molar-refractivity contribution in [3.63, 3.8) is 0 Å². The second-order valence-electron chi connectivity index (χ2n) is 7.06. The lowest BCUT2D eigenvalue weighted by Gasteiger charge is -2.25. The first-order valence-electron chi connectivity index (χ1n) is 9.23. The Morgan fingerprint density at radius 2 is 1.96 bits per heavy atom. The van der Waals surface area contributed by atoms with E-state index in [1.54, 1.807) is 4.90 Å². The number of nitrogens with zero attached hydrogens (tertiary/aromatic N) is 1. The quantitative estimate of drug-likeness (QED) is 0.586. The Labute approximate surface area is 175 Å². The van der Waals surface area contributed by atoms with Crippen molar-refractivity contribution >= 4 is 40.8 Å². The van der Waals surface area contributed by atoms with Gasteiger partial charge < -0.3 is 21.4 Å². The molecule has 5 N–H and O–H groups in total. The fraction of sp³-hybridized carbons (Fsp3) is 0.286. The number of hydrogen-bond acceptors (Lipinski definition) is 3. The Morgan fingerprint density at radius 3 is 2.75 bits per heavy atom. The van der Waals surface area contributed by atoms with Crippen LogP contribution in [0.3, 0.4) is 0 Å². The monoisotopic (exact) mass is 418 g/mol. The molecule has 1 aromatic heterocycles. The van der Waals surface area contributed by atoms with Gasteiger partial charge in [-0.05, 0) is 42.6 Å². The number of H-pyrrole nitrogens is 1. The van der Waals surface area contributed by atoms with Gasteiger partial charge in [0.05, 0.1) is 0 Å². The topological polar surface area (TPSA) is 88.1 Å². The molecule has 2 heterocycles. The number of rotatable bonds is 5. The lowest BCUT2D eigenvalue weighted by Crippen LogP contribution is -2.40. The highest BCUT2D eigenvalue weighted by molar-refractivity contribution is 6.32. The largest absolute Gasteiger partial charge is 0.350 e. The molecular weight excluding hydrogens is 395 g/mol. The number of halogens is 2. The molecule has 1 aliphatic heterocycles. The van der Waals surface area contributed by atoms with Crippen LogP contribution in [0, 0.1) is 0 Å². The predicted octanol–water partition coefficient (Wildman–Crippen LogP) is 3.93. The first kappa shape index (κ1) is 20.7. The molecule has 0 bridgehead atoms. The van der Waals surface area contributed by atoms with Crippen LogP contribution in [0.5, 0.6) is 0 Å². The van der Waals surface area contributed by atoms with E-state index in [-0.39, 0.29) is 24.4 Å². The predicted molar refractivity (Wildman–Crippen MR) is 117 cm³/mol. The van der Waals surface area contributed by atoms with E-state index in [2.05, 4.69) is 4.98 Å². The minimum atomic E-state index is -0.116. The van der Waals surface area contributed by atoms with Gasteiger partial charge in [0.2, 0.25) is 0 Å². The molecular formula is C21H24Cl2N4O. The van der Waals surface area contributed by atoms with Crippen molar-refractivity contribution in [2.24, 2.45) is 11.5 Å². The van der Waals surface area contributed by atoms with Crippen LogP contribution in [-0.2, 0) is 6.54 Å². The number of carbonyl (C=O) groups excluding carboxylic acids is 1. The maximum absolute atomic E-state index is 13.4. The summed E-state index contributed by atoms with van der Waals surface area (Å²) < 4.78 is 0. The number of fused-ring (bicyclic) bond motifs is 5.